The number of hydrogen-bond donors (Lipinski definition) is 1. The van der Waals surface area contributed by atoms with Gasteiger partial charge < -0.3 is 14.4 Å². The maximum Gasteiger partial charge on any atom is 0.271 e. The third-order valence-electron chi connectivity index (χ3n) is 6.09. The lowest BCUT2D eigenvalue weighted by Crippen LogP contribution is -2.58. The molecular formula is C20H23N3O5S. The molecule has 5 rings (SSSR count). The molecule has 2 fully saturated rings. The van der Waals surface area contributed by atoms with Crippen molar-refractivity contribution in [1.29, 1.82) is 0 Å². The average molecular weight is 417 g/mol. The number of aromatic nitrogens is 2. The molecule has 0 spiro atoms. The summed E-state index contributed by atoms with van der Waals surface area (Å²) in [7, 11) is -3.16. The fourth-order valence-electron chi connectivity index (χ4n) is 4.28. The van der Waals surface area contributed by atoms with Crippen molar-refractivity contribution in [1.82, 2.24) is 15.1 Å². The largest absolute Gasteiger partial charge is 0.454 e. The second-order valence-corrected chi connectivity index (χ2v) is 10.4. The highest BCUT2D eigenvalue weighted by Crippen LogP contribution is 2.36. The van der Waals surface area contributed by atoms with Gasteiger partial charge in [0, 0.05) is 18.7 Å². The number of likely N-dealkylation sites (tertiary alicyclic amines) is 1. The van der Waals surface area contributed by atoms with E-state index in [1.165, 1.54) is 0 Å². The summed E-state index contributed by atoms with van der Waals surface area (Å²) in [5.41, 5.74) is 1.79. The molecule has 154 valence electrons. The van der Waals surface area contributed by atoms with Gasteiger partial charge in [0.05, 0.1) is 16.2 Å². The number of rotatable bonds is 4. The Hall–Kier alpha value is -2.55. The summed E-state index contributed by atoms with van der Waals surface area (Å²) in [6.45, 7) is 0.717. The number of sulfone groups is 1. The van der Waals surface area contributed by atoms with Gasteiger partial charge >= 0.3 is 0 Å². The molecule has 1 N–H and O–H groups in total. The first-order valence-electron chi connectivity index (χ1n) is 10.00. The normalized spacial score (nSPS) is 19.9. The van der Waals surface area contributed by atoms with Crippen LogP contribution in [-0.4, -0.2) is 59.8 Å². The van der Waals surface area contributed by atoms with E-state index in [1.54, 1.807) is 11.0 Å². The summed E-state index contributed by atoms with van der Waals surface area (Å²) in [5.74, 6) is 1.11. The Labute approximate surface area is 169 Å². The van der Waals surface area contributed by atoms with Crippen molar-refractivity contribution in [3.05, 3.63) is 30.0 Å². The molecule has 1 amide bonds. The van der Waals surface area contributed by atoms with Crippen molar-refractivity contribution < 1.29 is 22.7 Å². The summed E-state index contributed by atoms with van der Waals surface area (Å²) in [6, 6.07) is 7.17. The molecule has 3 heterocycles. The van der Waals surface area contributed by atoms with Gasteiger partial charge in [0.1, 0.15) is 5.69 Å². The second-order valence-electron chi connectivity index (χ2n) is 7.92. The van der Waals surface area contributed by atoms with Gasteiger partial charge in [-0.25, -0.2) is 8.42 Å². The summed E-state index contributed by atoms with van der Waals surface area (Å²) < 4.78 is 36.2. The van der Waals surface area contributed by atoms with Crippen molar-refractivity contribution in [2.75, 3.05) is 19.9 Å². The van der Waals surface area contributed by atoms with Gasteiger partial charge in [-0.3, -0.25) is 9.89 Å². The first kappa shape index (κ1) is 18.5. The van der Waals surface area contributed by atoms with Gasteiger partial charge in [0.2, 0.25) is 6.79 Å². The molecule has 8 nitrogen and oxygen atoms in total. The van der Waals surface area contributed by atoms with E-state index in [2.05, 4.69) is 10.2 Å². The minimum Gasteiger partial charge on any atom is -0.454 e. The topological polar surface area (TPSA) is 102 Å². The van der Waals surface area contributed by atoms with Gasteiger partial charge in [-0.15, -0.1) is 0 Å². The average Bonchev–Trinajstić information content (AvgIpc) is 3.36. The van der Waals surface area contributed by atoms with Gasteiger partial charge in [0.15, 0.2) is 21.3 Å². The molecule has 0 radical (unpaired) electrons. The van der Waals surface area contributed by atoms with Gasteiger partial charge in [-0.2, -0.15) is 5.10 Å². The first-order valence-corrected chi connectivity index (χ1v) is 11.6. The number of carbonyl (C=O) groups excluding carboxylic acids is 1. The Bertz CT molecular complexity index is 1040. The predicted molar refractivity (Wildman–Crippen MR) is 106 cm³/mol. The molecule has 0 bridgehead atoms. The van der Waals surface area contributed by atoms with Gasteiger partial charge in [-0.1, -0.05) is 19.3 Å². The van der Waals surface area contributed by atoms with Crippen molar-refractivity contribution in [2.24, 2.45) is 0 Å². The molecule has 1 aromatic carbocycles. The van der Waals surface area contributed by atoms with Gasteiger partial charge in [0.25, 0.3) is 5.91 Å². The molecule has 1 aliphatic carbocycles. The number of nitrogens with one attached hydrogen (secondary N) is 1. The summed E-state index contributed by atoms with van der Waals surface area (Å²) in [5, 5.41) is 6.33. The molecule has 3 aliphatic rings. The Kier molecular flexibility index (Phi) is 4.49. The molecule has 9 heteroatoms. The van der Waals surface area contributed by atoms with Crippen molar-refractivity contribution in [2.45, 2.75) is 42.6 Å². The van der Waals surface area contributed by atoms with Crippen LogP contribution in [0.4, 0.5) is 0 Å². The SMILES string of the molecule is O=C(c1cc(-c2ccc3c(c2)OCO3)n[nH]1)N1CC(S(=O)(=O)C2CCCCC2)C1. The molecule has 1 aromatic heterocycles. The Morgan fingerprint density at radius 3 is 2.59 bits per heavy atom. The fourth-order valence-corrected chi connectivity index (χ4v) is 6.59. The third kappa shape index (κ3) is 3.27. The summed E-state index contributed by atoms with van der Waals surface area (Å²) in [6.07, 6.45) is 4.59. The molecule has 2 aromatic rings. The maximum atomic E-state index is 12.8. The number of fused-ring (bicyclic) bond motifs is 1. The second kappa shape index (κ2) is 7.05. The quantitative estimate of drug-likeness (QED) is 0.820. The number of ether oxygens (including phenoxy) is 2. The van der Waals surface area contributed by atoms with Crippen molar-refractivity contribution >= 4 is 15.7 Å². The minimum absolute atomic E-state index is 0.197. The van der Waals surface area contributed by atoms with Crippen LogP contribution in [0.15, 0.2) is 24.3 Å². The standard InChI is InChI=1S/C20H23N3O5S/c24-20(23-10-15(11-23)29(25,26)14-4-2-1-3-5-14)17-9-16(21-22-17)13-6-7-18-19(8-13)28-12-27-18/h6-9,14-15H,1-5,10-12H2,(H,21,22). The smallest absolute Gasteiger partial charge is 0.271 e. The molecule has 2 aliphatic heterocycles. The number of H-pyrrole nitrogens is 1. The number of aromatic amines is 1. The van der Waals surface area contributed by atoms with Crippen LogP contribution >= 0.6 is 0 Å². The van der Waals surface area contributed by atoms with Crippen LogP contribution in [-0.2, 0) is 9.84 Å². The highest BCUT2D eigenvalue weighted by atomic mass is 32.2. The molecule has 1 saturated carbocycles. The van der Waals surface area contributed by atoms with E-state index in [1.807, 2.05) is 18.2 Å². The van der Waals surface area contributed by atoms with E-state index in [0.29, 0.717) is 22.9 Å². The van der Waals surface area contributed by atoms with Crippen LogP contribution in [0, 0.1) is 0 Å². The monoisotopic (exact) mass is 417 g/mol. The maximum absolute atomic E-state index is 12.8. The molecule has 0 atom stereocenters. The molecule has 1 saturated heterocycles. The lowest BCUT2D eigenvalue weighted by atomic mass is 10.0. The highest BCUT2D eigenvalue weighted by Gasteiger charge is 2.44. The number of nitrogens with zero attached hydrogens (tertiary/aromatic N) is 2. The zero-order chi connectivity index (χ0) is 20.0. The predicted octanol–water partition coefficient (Wildman–Crippen LogP) is 2.38. The molecule has 0 unspecified atom stereocenters. The lowest BCUT2D eigenvalue weighted by Gasteiger charge is -2.40. The van der Waals surface area contributed by atoms with Crippen LogP contribution in [0.25, 0.3) is 11.3 Å². The van der Waals surface area contributed by atoms with E-state index in [-0.39, 0.29) is 31.0 Å². The summed E-state index contributed by atoms with van der Waals surface area (Å²) >= 11 is 0. The molecular weight excluding hydrogens is 394 g/mol. The van der Waals surface area contributed by atoms with Gasteiger partial charge in [-0.05, 0) is 37.1 Å². The first-order chi connectivity index (χ1) is 14.0. The van der Waals surface area contributed by atoms with E-state index in [0.717, 1.165) is 37.7 Å². The van der Waals surface area contributed by atoms with E-state index in [9.17, 15) is 13.2 Å². The Balaban J connectivity index is 1.25. The number of amides is 1. The minimum atomic E-state index is -3.16. The number of benzene rings is 1. The van der Waals surface area contributed by atoms with E-state index in [4.69, 9.17) is 9.47 Å². The van der Waals surface area contributed by atoms with Crippen molar-refractivity contribution in [3.8, 4) is 22.8 Å². The van der Waals surface area contributed by atoms with Crippen LogP contribution in [0.3, 0.4) is 0 Å². The Morgan fingerprint density at radius 1 is 1.03 bits per heavy atom. The zero-order valence-corrected chi connectivity index (χ0v) is 16.8. The van der Waals surface area contributed by atoms with Crippen LogP contribution in [0.2, 0.25) is 0 Å². The number of carbonyl (C=O) groups is 1. The highest BCUT2D eigenvalue weighted by molar-refractivity contribution is 7.92. The summed E-state index contributed by atoms with van der Waals surface area (Å²) in [4.78, 5) is 14.3. The van der Waals surface area contributed by atoms with Crippen molar-refractivity contribution in [3.63, 3.8) is 0 Å². The lowest BCUT2D eigenvalue weighted by molar-refractivity contribution is 0.0652. The van der Waals surface area contributed by atoms with E-state index < -0.39 is 15.1 Å². The fraction of sp³-hybridized carbons (Fsp3) is 0.500. The van der Waals surface area contributed by atoms with Crippen LogP contribution in [0.5, 0.6) is 11.5 Å². The number of hydrogen-bond acceptors (Lipinski definition) is 6. The third-order valence-corrected chi connectivity index (χ3v) is 8.72. The van der Waals surface area contributed by atoms with Crippen LogP contribution < -0.4 is 9.47 Å². The van der Waals surface area contributed by atoms with Crippen LogP contribution in [0.1, 0.15) is 42.6 Å². The molecule has 29 heavy (non-hydrogen) atoms. The zero-order valence-electron chi connectivity index (χ0n) is 16.0. The van der Waals surface area contributed by atoms with E-state index >= 15 is 0 Å². The Morgan fingerprint density at radius 2 is 1.79 bits per heavy atom.